The predicted molar refractivity (Wildman–Crippen MR) is 77.4 cm³/mol. The SMILES string of the molecule is O=C1OC(c2ccccc2)=NC1=C(Cl)N1CCCCC1. The van der Waals surface area contributed by atoms with Gasteiger partial charge in [-0.05, 0) is 31.4 Å². The highest BCUT2D eigenvalue weighted by atomic mass is 35.5. The standard InChI is InChI=1S/C15H15ClN2O2/c16-13(18-9-5-2-6-10-18)12-15(19)20-14(17-12)11-7-3-1-4-8-11/h1,3-4,7-8H,2,5-6,9-10H2. The van der Waals surface area contributed by atoms with E-state index in [1.54, 1.807) is 0 Å². The molecule has 0 spiro atoms. The van der Waals surface area contributed by atoms with Gasteiger partial charge in [0.15, 0.2) is 5.70 Å². The quantitative estimate of drug-likeness (QED) is 0.478. The van der Waals surface area contributed by atoms with Gasteiger partial charge in [-0.15, -0.1) is 0 Å². The fourth-order valence-electron chi connectivity index (χ4n) is 2.38. The Bertz CT molecular complexity index is 575. The molecule has 1 saturated heterocycles. The monoisotopic (exact) mass is 290 g/mol. The smallest absolute Gasteiger partial charge is 0.366 e. The number of nitrogens with zero attached hydrogens (tertiary/aromatic N) is 2. The van der Waals surface area contributed by atoms with Crippen molar-refractivity contribution in [3.05, 3.63) is 46.7 Å². The summed E-state index contributed by atoms with van der Waals surface area (Å²) in [6.45, 7) is 1.73. The molecule has 0 radical (unpaired) electrons. The van der Waals surface area contributed by atoms with Crippen LogP contribution < -0.4 is 0 Å². The Kier molecular flexibility index (Phi) is 3.74. The number of rotatable bonds is 2. The summed E-state index contributed by atoms with van der Waals surface area (Å²) in [6.07, 6.45) is 3.39. The summed E-state index contributed by atoms with van der Waals surface area (Å²) in [5.74, 6) is -0.153. The first-order chi connectivity index (χ1) is 9.75. The van der Waals surface area contributed by atoms with Crippen molar-refractivity contribution in [3.8, 4) is 0 Å². The van der Waals surface area contributed by atoms with Gasteiger partial charge in [0, 0.05) is 18.7 Å². The van der Waals surface area contributed by atoms with E-state index in [2.05, 4.69) is 4.99 Å². The lowest BCUT2D eigenvalue weighted by atomic mass is 10.1. The van der Waals surface area contributed by atoms with Crippen LogP contribution in [0, 0.1) is 0 Å². The molecule has 0 aromatic heterocycles. The van der Waals surface area contributed by atoms with Crippen LogP contribution in [0.2, 0.25) is 0 Å². The number of likely N-dealkylation sites (tertiary alicyclic amines) is 1. The molecular weight excluding hydrogens is 276 g/mol. The van der Waals surface area contributed by atoms with Crippen molar-refractivity contribution in [2.75, 3.05) is 13.1 Å². The zero-order chi connectivity index (χ0) is 13.9. The van der Waals surface area contributed by atoms with Crippen molar-refractivity contribution >= 4 is 23.5 Å². The van der Waals surface area contributed by atoms with Crippen LogP contribution in [0.25, 0.3) is 0 Å². The lowest BCUT2D eigenvalue weighted by Gasteiger charge is -2.27. The minimum Gasteiger partial charge on any atom is -0.402 e. The number of hydrogen-bond donors (Lipinski definition) is 0. The maximum atomic E-state index is 11.9. The number of carbonyl (C=O) groups is 1. The highest BCUT2D eigenvalue weighted by Crippen LogP contribution is 2.26. The molecule has 0 aliphatic carbocycles. The highest BCUT2D eigenvalue weighted by molar-refractivity contribution is 6.32. The number of ether oxygens (including phenoxy) is 1. The van der Waals surface area contributed by atoms with Crippen molar-refractivity contribution in [1.82, 2.24) is 4.90 Å². The van der Waals surface area contributed by atoms with Crippen LogP contribution >= 0.6 is 11.6 Å². The number of cyclic esters (lactones) is 1. The van der Waals surface area contributed by atoms with E-state index in [-0.39, 0.29) is 5.70 Å². The number of carbonyl (C=O) groups excluding carboxylic acids is 1. The molecule has 5 heteroatoms. The van der Waals surface area contributed by atoms with Crippen LogP contribution in [-0.2, 0) is 9.53 Å². The Hall–Kier alpha value is -1.81. The maximum absolute atomic E-state index is 11.9. The summed E-state index contributed by atoms with van der Waals surface area (Å²) in [6, 6.07) is 9.35. The Labute approximate surface area is 122 Å². The van der Waals surface area contributed by atoms with Crippen molar-refractivity contribution in [2.45, 2.75) is 19.3 Å². The first-order valence-corrected chi connectivity index (χ1v) is 7.14. The first-order valence-electron chi connectivity index (χ1n) is 6.77. The zero-order valence-electron chi connectivity index (χ0n) is 11.0. The summed E-state index contributed by atoms with van der Waals surface area (Å²) in [5.41, 5.74) is 0.992. The van der Waals surface area contributed by atoms with Crippen molar-refractivity contribution < 1.29 is 9.53 Å². The topological polar surface area (TPSA) is 41.9 Å². The van der Waals surface area contributed by atoms with E-state index in [1.165, 1.54) is 6.42 Å². The average Bonchev–Trinajstić information content (AvgIpc) is 2.90. The molecule has 20 heavy (non-hydrogen) atoms. The second-order valence-corrected chi connectivity index (χ2v) is 5.22. The number of esters is 1. The third-order valence-corrected chi connectivity index (χ3v) is 3.86. The molecule has 0 unspecified atom stereocenters. The molecule has 1 fully saturated rings. The van der Waals surface area contributed by atoms with E-state index in [9.17, 15) is 4.79 Å². The van der Waals surface area contributed by atoms with Crippen molar-refractivity contribution in [2.24, 2.45) is 4.99 Å². The third kappa shape index (κ3) is 2.56. The Morgan fingerprint density at radius 2 is 1.85 bits per heavy atom. The Balaban J connectivity index is 1.89. The largest absolute Gasteiger partial charge is 0.402 e. The van der Waals surface area contributed by atoms with Gasteiger partial charge in [0.1, 0.15) is 5.16 Å². The molecule has 1 aromatic carbocycles. The number of piperidine rings is 1. The first kappa shape index (κ1) is 13.2. The van der Waals surface area contributed by atoms with Gasteiger partial charge in [-0.3, -0.25) is 0 Å². The zero-order valence-corrected chi connectivity index (χ0v) is 11.8. The summed E-state index contributed by atoms with van der Waals surface area (Å²) in [5, 5.41) is 0.403. The maximum Gasteiger partial charge on any atom is 0.366 e. The van der Waals surface area contributed by atoms with Gasteiger partial charge in [-0.1, -0.05) is 29.8 Å². The molecule has 2 heterocycles. The fraction of sp³-hybridized carbons (Fsp3) is 0.333. The molecule has 0 saturated carbocycles. The van der Waals surface area contributed by atoms with Crippen LogP contribution in [-0.4, -0.2) is 29.9 Å². The van der Waals surface area contributed by atoms with Gasteiger partial charge in [0.05, 0.1) is 0 Å². The number of hydrogen-bond acceptors (Lipinski definition) is 4. The third-order valence-electron chi connectivity index (χ3n) is 3.45. The summed E-state index contributed by atoms with van der Waals surface area (Å²) < 4.78 is 5.21. The highest BCUT2D eigenvalue weighted by Gasteiger charge is 2.29. The Morgan fingerprint density at radius 1 is 1.15 bits per heavy atom. The van der Waals surface area contributed by atoms with Gasteiger partial charge in [0.25, 0.3) is 0 Å². The van der Waals surface area contributed by atoms with Crippen LogP contribution in [0.1, 0.15) is 24.8 Å². The van der Waals surface area contributed by atoms with Crippen LogP contribution in [0.3, 0.4) is 0 Å². The van der Waals surface area contributed by atoms with E-state index in [0.29, 0.717) is 11.1 Å². The second kappa shape index (κ2) is 5.67. The molecule has 0 atom stereocenters. The van der Waals surface area contributed by atoms with Gasteiger partial charge >= 0.3 is 5.97 Å². The molecule has 0 bridgehead atoms. The van der Waals surface area contributed by atoms with Gasteiger partial charge < -0.3 is 9.64 Å². The van der Waals surface area contributed by atoms with E-state index in [0.717, 1.165) is 31.5 Å². The summed E-state index contributed by atoms with van der Waals surface area (Å²) >= 11 is 6.31. The minimum absolute atomic E-state index is 0.215. The van der Waals surface area contributed by atoms with Crippen LogP contribution in [0.4, 0.5) is 0 Å². The molecule has 2 aliphatic heterocycles. The molecule has 1 aromatic rings. The molecular formula is C15H15ClN2O2. The molecule has 104 valence electrons. The van der Waals surface area contributed by atoms with E-state index >= 15 is 0 Å². The molecule has 4 nitrogen and oxygen atoms in total. The fourth-order valence-corrected chi connectivity index (χ4v) is 2.67. The lowest BCUT2D eigenvalue weighted by Crippen LogP contribution is -2.28. The number of benzene rings is 1. The molecule has 0 amide bonds. The number of aliphatic imine (C=N–C) groups is 1. The minimum atomic E-state index is -0.473. The average molecular weight is 291 g/mol. The van der Waals surface area contributed by atoms with Crippen LogP contribution in [0.5, 0.6) is 0 Å². The van der Waals surface area contributed by atoms with E-state index in [1.807, 2.05) is 35.2 Å². The number of halogens is 1. The normalized spacial score (nSPS) is 21.6. The van der Waals surface area contributed by atoms with Gasteiger partial charge in [-0.25, -0.2) is 9.79 Å². The molecule has 0 N–H and O–H groups in total. The van der Waals surface area contributed by atoms with Crippen molar-refractivity contribution in [1.29, 1.82) is 0 Å². The molecule has 2 aliphatic rings. The predicted octanol–water partition coefficient (Wildman–Crippen LogP) is 2.88. The lowest BCUT2D eigenvalue weighted by molar-refractivity contribution is -0.130. The van der Waals surface area contributed by atoms with E-state index in [4.69, 9.17) is 16.3 Å². The summed E-state index contributed by atoms with van der Waals surface area (Å²) in [4.78, 5) is 18.2. The van der Waals surface area contributed by atoms with Crippen LogP contribution in [0.15, 0.2) is 46.2 Å². The summed E-state index contributed by atoms with van der Waals surface area (Å²) in [7, 11) is 0. The van der Waals surface area contributed by atoms with Gasteiger partial charge in [0.2, 0.25) is 5.90 Å². The Morgan fingerprint density at radius 3 is 2.55 bits per heavy atom. The van der Waals surface area contributed by atoms with E-state index < -0.39 is 5.97 Å². The van der Waals surface area contributed by atoms with Gasteiger partial charge in [-0.2, -0.15) is 0 Å². The molecule has 3 rings (SSSR count). The second-order valence-electron chi connectivity index (χ2n) is 4.86. The van der Waals surface area contributed by atoms with Crippen molar-refractivity contribution in [3.63, 3.8) is 0 Å².